The van der Waals surface area contributed by atoms with Gasteiger partial charge in [-0.25, -0.2) is 0 Å². The van der Waals surface area contributed by atoms with Gasteiger partial charge in [0.25, 0.3) is 0 Å². The number of anilines is 1. The summed E-state index contributed by atoms with van der Waals surface area (Å²) in [7, 11) is 0. The highest BCUT2D eigenvalue weighted by molar-refractivity contribution is 7.00. The van der Waals surface area contributed by atoms with Gasteiger partial charge in [-0.3, -0.25) is 4.79 Å². The fraction of sp³-hybridized carbons (Fsp3) is 0.462. The number of carbonyl (C=O) groups is 1. The van der Waals surface area contributed by atoms with Crippen LogP contribution in [0.25, 0.3) is 11.0 Å². The Morgan fingerprint density at radius 1 is 1.45 bits per heavy atom. The van der Waals surface area contributed by atoms with E-state index in [1.165, 1.54) is 0 Å². The number of nitrogens with zero attached hydrogens (tertiary/aromatic N) is 2. The number of carbonyl (C=O) groups excluding carboxylic acids is 1. The topological polar surface area (TPSA) is 80.9 Å². The van der Waals surface area contributed by atoms with Gasteiger partial charge < -0.3 is 11.1 Å². The van der Waals surface area contributed by atoms with Crippen LogP contribution in [0.1, 0.15) is 27.2 Å². The van der Waals surface area contributed by atoms with Crippen molar-refractivity contribution in [2.24, 2.45) is 11.1 Å². The Balaban J connectivity index is 2.18. The average molecular weight is 313 g/mol. The van der Waals surface area contributed by atoms with Crippen molar-refractivity contribution in [2.45, 2.75) is 33.2 Å². The summed E-state index contributed by atoms with van der Waals surface area (Å²) in [6.45, 7) is 6.01. The highest BCUT2D eigenvalue weighted by Crippen LogP contribution is 2.30. The number of nitrogens with one attached hydrogen (secondary N) is 1. The van der Waals surface area contributed by atoms with Gasteiger partial charge in [0.1, 0.15) is 11.0 Å². The molecule has 0 saturated heterocycles. The van der Waals surface area contributed by atoms with Crippen LogP contribution in [0.15, 0.2) is 12.1 Å². The number of amides is 1. The molecular formula is C13H17ClN4OS. The number of hydrogen-bond donors (Lipinski definition) is 2. The van der Waals surface area contributed by atoms with Crippen molar-refractivity contribution in [3.63, 3.8) is 0 Å². The van der Waals surface area contributed by atoms with E-state index in [0.717, 1.165) is 17.2 Å². The number of hydrogen-bond acceptors (Lipinski definition) is 5. The molecular weight excluding hydrogens is 296 g/mol. The molecule has 1 unspecified atom stereocenters. The lowest BCUT2D eigenvalue weighted by atomic mass is 9.85. The molecule has 0 aliphatic carbocycles. The van der Waals surface area contributed by atoms with E-state index in [1.807, 2.05) is 20.8 Å². The van der Waals surface area contributed by atoms with Gasteiger partial charge in [0, 0.05) is 12.5 Å². The molecule has 2 aromatic rings. The lowest BCUT2D eigenvalue weighted by Crippen LogP contribution is -2.38. The maximum absolute atomic E-state index is 12.1. The van der Waals surface area contributed by atoms with Crippen LogP contribution in [-0.2, 0) is 4.79 Å². The third-order valence-corrected chi connectivity index (χ3v) is 4.02. The number of benzene rings is 1. The molecule has 0 fully saturated rings. The largest absolute Gasteiger partial charge is 0.327 e. The number of aromatic nitrogens is 2. The zero-order valence-corrected chi connectivity index (χ0v) is 13.2. The highest BCUT2D eigenvalue weighted by Gasteiger charge is 2.24. The number of nitrogens with two attached hydrogens (primary N) is 1. The fourth-order valence-electron chi connectivity index (χ4n) is 1.64. The Kier molecular flexibility index (Phi) is 4.27. The lowest BCUT2D eigenvalue weighted by Gasteiger charge is -2.26. The predicted octanol–water partition coefficient (Wildman–Crippen LogP) is 3.05. The molecule has 0 radical (unpaired) electrons. The molecule has 0 aliphatic heterocycles. The van der Waals surface area contributed by atoms with Crippen LogP contribution in [0.2, 0.25) is 5.02 Å². The van der Waals surface area contributed by atoms with Crippen molar-refractivity contribution >= 4 is 46.0 Å². The van der Waals surface area contributed by atoms with Gasteiger partial charge in [0.15, 0.2) is 0 Å². The SMILES string of the molecule is CC(C)(C)C(N)CC(=O)Nc1c(Cl)ccc2nsnc12. The molecule has 1 atom stereocenters. The van der Waals surface area contributed by atoms with Crippen molar-refractivity contribution in [1.29, 1.82) is 0 Å². The van der Waals surface area contributed by atoms with Gasteiger partial charge in [-0.1, -0.05) is 32.4 Å². The maximum atomic E-state index is 12.1. The van der Waals surface area contributed by atoms with E-state index in [-0.39, 0.29) is 23.8 Å². The van der Waals surface area contributed by atoms with Crippen molar-refractivity contribution < 1.29 is 4.79 Å². The molecule has 3 N–H and O–H groups in total. The summed E-state index contributed by atoms with van der Waals surface area (Å²) in [6.07, 6.45) is 0.230. The fourth-order valence-corrected chi connectivity index (χ4v) is 2.38. The summed E-state index contributed by atoms with van der Waals surface area (Å²) in [5.41, 5.74) is 7.72. The summed E-state index contributed by atoms with van der Waals surface area (Å²) in [4.78, 5) is 12.1. The normalized spacial score (nSPS) is 13.4. The summed E-state index contributed by atoms with van der Waals surface area (Å²) in [5.74, 6) is -0.171. The van der Waals surface area contributed by atoms with Crippen molar-refractivity contribution in [3.05, 3.63) is 17.2 Å². The maximum Gasteiger partial charge on any atom is 0.226 e. The van der Waals surface area contributed by atoms with Gasteiger partial charge in [-0.15, -0.1) is 0 Å². The zero-order chi connectivity index (χ0) is 14.9. The molecule has 1 aromatic carbocycles. The Hall–Kier alpha value is -1.24. The summed E-state index contributed by atoms with van der Waals surface area (Å²) in [5, 5.41) is 3.24. The molecule has 1 amide bonds. The van der Waals surface area contributed by atoms with Crippen LogP contribution in [0.4, 0.5) is 5.69 Å². The molecule has 7 heteroatoms. The molecule has 0 bridgehead atoms. The molecule has 0 saturated carbocycles. The van der Waals surface area contributed by atoms with Crippen LogP contribution in [0, 0.1) is 5.41 Å². The highest BCUT2D eigenvalue weighted by atomic mass is 35.5. The van der Waals surface area contributed by atoms with Gasteiger partial charge in [0.2, 0.25) is 5.91 Å². The second-order valence-electron chi connectivity index (χ2n) is 5.78. The Labute approximate surface area is 126 Å². The van der Waals surface area contributed by atoms with Crippen LogP contribution in [-0.4, -0.2) is 20.7 Å². The smallest absolute Gasteiger partial charge is 0.226 e. The molecule has 108 valence electrons. The Morgan fingerprint density at radius 2 is 2.15 bits per heavy atom. The first-order valence-corrected chi connectivity index (χ1v) is 7.36. The van der Waals surface area contributed by atoms with Gasteiger partial charge in [-0.05, 0) is 17.5 Å². The molecule has 1 aromatic heterocycles. The third kappa shape index (κ3) is 3.26. The molecule has 0 spiro atoms. The second kappa shape index (κ2) is 5.63. The second-order valence-corrected chi connectivity index (χ2v) is 6.71. The van der Waals surface area contributed by atoms with E-state index in [4.69, 9.17) is 17.3 Å². The third-order valence-electron chi connectivity index (χ3n) is 3.16. The first kappa shape index (κ1) is 15.2. The first-order chi connectivity index (χ1) is 9.29. The van der Waals surface area contributed by atoms with E-state index in [2.05, 4.69) is 14.1 Å². The van der Waals surface area contributed by atoms with Crippen molar-refractivity contribution in [3.8, 4) is 0 Å². The van der Waals surface area contributed by atoms with E-state index < -0.39 is 0 Å². The minimum absolute atomic E-state index is 0.130. The van der Waals surface area contributed by atoms with Crippen LogP contribution < -0.4 is 11.1 Å². The Morgan fingerprint density at radius 3 is 2.80 bits per heavy atom. The van der Waals surface area contributed by atoms with E-state index >= 15 is 0 Å². The van der Waals surface area contributed by atoms with Crippen LogP contribution in [0.5, 0.6) is 0 Å². The van der Waals surface area contributed by atoms with Crippen molar-refractivity contribution in [1.82, 2.24) is 8.75 Å². The first-order valence-electron chi connectivity index (χ1n) is 6.25. The monoisotopic (exact) mass is 312 g/mol. The standard InChI is InChI=1S/C13H17ClN4OS/c1-13(2,3)9(15)6-10(19)16-11-7(14)4-5-8-12(11)18-20-17-8/h4-5,9H,6,15H2,1-3H3,(H,16,19). The summed E-state index contributed by atoms with van der Waals surface area (Å²) >= 11 is 7.21. The Bertz CT molecular complexity index is 635. The quantitative estimate of drug-likeness (QED) is 0.912. The molecule has 1 heterocycles. The van der Waals surface area contributed by atoms with Gasteiger partial charge in [-0.2, -0.15) is 8.75 Å². The molecule has 0 aliphatic rings. The lowest BCUT2D eigenvalue weighted by molar-refractivity contribution is -0.117. The van der Waals surface area contributed by atoms with Gasteiger partial charge >= 0.3 is 0 Å². The molecule has 2 rings (SSSR count). The van der Waals surface area contributed by atoms with Crippen LogP contribution in [0.3, 0.4) is 0 Å². The van der Waals surface area contributed by atoms with Crippen molar-refractivity contribution in [2.75, 3.05) is 5.32 Å². The summed E-state index contributed by atoms with van der Waals surface area (Å²) < 4.78 is 8.28. The van der Waals surface area contributed by atoms with Gasteiger partial charge in [0.05, 0.1) is 22.4 Å². The minimum Gasteiger partial charge on any atom is -0.327 e. The molecule has 20 heavy (non-hydrogen) atoms. The number of fused-ring (bicyclic) bond motifs is 1. The minimum atomic E-state index is -0.228. The van der Waals surface area contributed by atoms with E-state index in [0.29, 0.717) is 16.2 Å². The average Bonchev–Trinajstić information content (AvgIpc) is 2.80. The van der Waals surface area contributed by atoms with E-state index in [9.17, 15) is 4.79 Å². The number of rotatable bonds is 3. The van der Waals surface area contributed by atoms with Crippen LogP contribution >= 0.6 is 23.3 Å². The summed E-state index contributed by atoms with van der Waals surface area (Å²) in [6, 6.07) is 3.25. The van der Waals surface area contributed by atoms with E-state index in [1.54, 1.807) is 12.1 Å². The predicted molar refractivity (Wildman–Crippen MR) is 83.1 cm³/mol. The molecule has 5 nitrogen and oxygen atoms in total. The zero-order valence-electron chi connectivity index (χ0n) is 11.6. The number of halogens is 1.